The molecule has 0 saturated heterocycles. The molecule has 0 bridgehead atoms. The summed E-state index contributed by atoms with van der Waals surface area (Å²) in [5.41, 5.74) is 9.27. The van der Waals surface area contributed by atoms with Crippen molar-refractivity contribution in [2.24, 2.45) is 11.7 Å². The molecular formula is C26H25F2N5O2. The van der Waals surface area contributed by atoms with Crippen LogP contribution in [0.4, 0.5) is 8.78 Å². The van der Waals surface area contributed by atoms with Crippen molar-refractivity contribution in [3.8, 4) is 22.8 Å². The zero-order valence-electron chi connectivity index (χ0n) is 19.2. The number of halogens is 2. The highest BCUT2D eigenvalue weighted by molar-refractivity contribution is 6.01. The van der Waals surface area contributed by atoms with E-state index in [0.29, 0.717) is 34.3 Å². The number of fused-ring (bicyclic) bond motifs is 1. The van der Waals surface area contributed by atoms with Crippen molar-refractivity contribution in [1.29, 1.82) is 0 Å². The number of alkyl halides is 1. The van der Waals surface area contributed by atoms with Crippen LogP contribution in [-0.4, -0.2) is 37.7 Å². The van der Waals surface area contributed by atoms with Crippen LogP contribution in [0, 0.1) is 11.7 Å². The van der Waals surface area contributed by atoms with E-state index in [1.807, 2.05) is 6.07 Å². The predicted molar refractivity (Wildman–Crippen MR) is 128 cm³/mol. The largest absolute Gasteiger partial charge is 0.461 e. The van der Waals surface area contributed by atoms with Crippen LogP contribution < -0.4 is 10.5 Å². The second-order valence-electron chi connectivity index (χ2n) is 8.88. The van der Waals surface area contributed by atoms with Crippen molar-refractivity contribution in [1.82, 2.24) is 19.5 Å². The van der Waals surface area contributed by atoms with Gasteiger partial charge >= 0.3 is 0 Å². The van der Waals surface area contributed by atoms with E-state index in [1.165, 1.54) is 6.92 Å². The van der Waals surface area contributed by atoms with Crippen molar-refractivity contribution in [2.45, 2.75) is 45.0 Å². The van der Waals surface area contributed by atoms with Gasteiger partial charge in [-0.05, 0) is 42.5 Å². The van der Waals surface area contributed by atoms with Gasteiger partial charge in [0.15, 0.2) is 11.6 Å². The van der Waals surface area contributed by atoms with Crippen LogP contribution in [0.3, 0.4) is 0 Å². The van der Waals surface area contributed by atoms with Gasteiger partial charge < -0.3 is 10.5 Å². The van der Waals surface area contributed by atoms with Crippen molar-refractivity contribution >= 4 is 16.8 Å². The molecule has 2 N–H and O–H groups in total. The van der Waals surface area contributed by atoms with Gasteiger partial charge in [-0.25, -0.2) is 18.7 Å². The Morgan fingerprint density at radius 3 is 2.71 bits per heavy atom. The van der Waals surface area contributed by atoms with Gasteiger partial charge in [0.25, 0.3) is 0 Å². The predicted octanol–water partition coefficient (Wildman–Crippen LogP) is 5.02. The molecule has 1 aromatic carbocycles. The fourth-order valence-electron chi connectivity index (χ4n) is 4.66. The lowest BCUT2D eigenvalue weighted by Crippen LogP contribution is -2.26. The Morgan fingerprint density at radius 1 is 1.20 bits per heavy atom. The van der Waals surface area contributed by atoms with Crippen LogP contribution in [0.2, 0.25) is 0 Å². The van der Waals surface area contributed by atoms with Crippen molar-refractivity contribution in [3.05, 3.63) is 66.5 Å². The van der Waals surface area contributed by atoms with Crippen LogP contribution in [0.15, 0.2) is 55.1 Å². The minimum atomic E-state index is -1.46. The summed E-state index contributed by atoms with van der Waals surface area (Å²) in [6.45, 7) is 1.31. The zero-order valence-corrected chi connectivity index (χ0v) is 19.2. The van der Waals surface area contributed by atoms with Gasteiger partial charge in [0.1, 0.15) is 5.75 Å². The van der Waals surface area contributed by atoms with Crippen LogP contribution in [0.25, 0.3) is 28.1 Å². The molecule has 3 aromatic heterocycles. The van der Waals surface area contributed by atoms with Crippen molar-refractivity contribution < 1.29 is 18.3 Å². The number of hydrogen-bond acceptors (Lipinski definition) is 6. The van der Waals surface area contributed by atoms with Crippen LogP contribution in [-0.2, 0) is 0 Å². The maximum atomic E-state index is 13.5. The van der Waals surface area contributed by atoms with Crippen LogP contribution in [0.1, 0.15) is 43.0 Å². The number of aromatic nitrogens is 4. The molecule has 0 amide bonds. The maximum Gasteiger partial charge on any atom is 0.235 e. The summed E-state index contributed by atoms with van der Waals surface area (Å²) in [4.78, 5) is 25.9. The number of nitrogens with two attached hydrogens (primary N) is 1. The molecule has 0 radical (unpaired) electrons. The molecule has 35 heavy (non-hydrogen) atoms. The molecule has 0 spiro atoms. The lowest BCUT2D eigenvalue weighted by molar-refractivity contribution is 0.0861. The number of carbonyl (C=O) groups is 1. The summed E-state index contributed by atoms with van der Waals surface area (Å²) in [5.74, 6) is 0.190. The molecule has 9 heteroatoms. The molecule has 3 atom stereocenters. The maximum absolute atomic E-state index is 13.5. The third-order valence-electron chi connectivity index (χ3n) is 6.39. The van der Waals surface area contributed by atoms with Gasteiger partial charge in [-0.2, -0.15) is 0 Å². The second kappa shape index (κ2) is 9.50. The molecule has 1 aliphatic rings. The van der Waals surface area contributed by atoms with Gasteiger partial charge in [-0.3, -0.25) is 14.3 Å². The Kier molecular flexibility index (Phi) is 6.25. The van der Waals surface area contributed by atoms with Crippen molar-refractivity contribution in [3.63, 3.8) is 0 Å². The first-order chi connectivity index (χ1) is 16.9. The van der Waals surface area contributed by atoms with E-state index in [4.69, 9.17) is 10.5 Å². The quantitative estimate of drug-likeness (QED) is 0.376. The number of pyridine rings is 1. The summed E-state index contributed by atoms with van der Waals surface area (Å²) in [6, 6.07) is 8.78. The lowest BCUT2D eigenvalue weighted by Gasteiger charge is -2.14. The molecule has 3 heterocycles. The Morgan fingerprint density at radius 2 is 2.00 bits per heavy atom. The number of ether oxygens (including phenoxy) is 1. The highest BCUT2D eigenvalue weighted by atomic mass is 19.1. The monoisotopic (exact) mass is 477 g/mol. The first-order valence-electron chi connectivity index (χ1n) is 11.6. The summed E-state index contributed by atoms with van der Waals surface area (Å²) < 4.78 is 33.7. The normalized spacial score (nSPS) is 18.6. The first kappa shape index (κ1) is 23.0. The summed E-state index contributed by atoms with van der Waals surface area (Å²) >= 11 is 0. The third kappa shape index (κ3) is 4.77. The van der Waals surface area contributed by atoms with E-state index in [1.54, 1.807) is 41.2 Å². The van der Waals surface area contributed by atoms with Gasteiger partial charge in [0.2, 0.25) is 12.3 Å². The number of Topliss-reactive ketones (excluding diaryl/α,β-unsaturated/α-hetero) is 1. The average molecular weight is 478 g/mol. The number of ketones is 1. The Bertz CT molecular complexity index is 1370. The lowest BCUT2D eigenvalue weighted by atomic mass is 9.95. The summed E-state index contributed by atoms with van der Waals surface area (Å²) in [7, 11) is 0. The Labute approximate surface area is 201 Å². The van der Waals surface area contributed by atoms with Crippen LogP contribution >= 0.6 is 0 Å². The molecule has 0 aliphatic heterocycles. The Hall–Kier alpha value is -3.72. The fraction of sp³-hybridized carbons (Fsp3) is 0.308. The van der Waals surface area contributed by atoms with E-state index >= 15 is 0 Å². The topological polar surface area (TPSA) is 95.9 Å². The molecule has 5 rings (SSSR count). The van der Waals surface area contributed by atoms with E-state index in [2.05, 4.69) is 15.0 Å². The molecule has 1 aliphatic carbocycles. The molecule has 4 aromatic rings. The standard InChI is InChI=1S/C26H25F2N5O2/c1-15(27)35-20-6-2-4-16(8-20)21-14-33(26-31-12-19(28)13-32-26)23-9-18(11-30-25(21)23)24(34)10-17-5-3-7-22(17)29/h2,4,6,8-9,11-15,17,22H,3,5,7,10,29H2,1H3/t15?,17-,22-/m1/s1. The molecule has 1 fully saturated rings. The smallest absolute Gasteiger partial charge is 0.235 e. The third-order valence-corrected chi connectivity index (χ3v) is 6.39. The second-order valence-corrected chi connectivity index (χ2v) is 8.88. The minimum absolute atomic E-state index is 0.0246. The number of benzene rings is 1. The number of rotatable bonds is 7. The van der Waals surface area contributed by atoms with Gasteiger partial charge in [-0.15, -0.1) is 0 Å². The molecule has 1 saturated carbocycles. The number of nitrogens with zero attached hydrogens (tertiary/aromatic N) is 4. The Balaban J connectivity index is 1.60. The molecule has 7 nitrogen and oxygen atoms in total. The zero-order chi connectivity index (χ0) is 24.5. The number of hydrogen-bond donors (Lipinski definition) is 1. The van der Waals surface area contributed by atoms with Gasteiger partial charge in [0, 0.05) is 42.9 Å². The van der Waals surface area contributed by atoms with Crippen LogP contribution in [0.5, 0.6) is 5.75 Å². The highest BCUT2D eigenvalue weighted by Gasteiger charge is 2.27. The fourth-order valence-corrected chi connectivity index (χ4v) is 4.66. The summed E-state index contributed by atoms with van der Waals surface area (Å²) in [6.07, 6.45) is 7.32. The van der Waals surface area contributed by atoms with E-state index in [0.717, 1.165) is 37.2 Å². The highest BCUT2D eigenvalue weighted by Crippen LogP contribution is 2.34. The molecular weight excluding hydrogens is 452 g/mol. The molecule has 180 valence electrons. The van der Waals surface area contributed by atoms with Gasteiger partial charge in [-0.1, -0.05) is 18.6 Å². The van der Waals surface area contributed by atoms with E-state index < -0.39 is 12.2 Å². The van der Waals surface area contributed by atoms with E-state index in [9.17, 15) is 13.6 Å². The SMILES string of the molecule is CC(F)Oc1cccc(-c2cn(-c3ncc(F)cn3)c3cc(C(=O)C[C@H]4CCC[C@H]4N)cnc23)c1. The van der Waals surface area contributed by atoms with Crippen molar-refractivity contribution in [2.75, 3.05) is 0 Å². The summed E-state index contributed by atoms with van der Waals surface area (Å²) in [5, 5.41) is 0. The number of carbonyl (C=O) groups excluding carboxylic acids is 1. The molecule has 1 unspecified atom stereocenters. The van der Waals surface area contributed by atoms with Gasteiger partial charge in [0.05, 0.1) is 23.4 Å². The van der Waals surface area contributed by atoms with E-state index in [-0.39, 0.29) is 23.7 Å². The minimum Gasteiger partial charge on any atom is -0.461 e. The average Bonchev–Trinajstić information content (AvgIpc) is 3.42. The first-order valence-corrected chi connectivity index (χ1v) is 11.6.